The summed E-state index contributed by atoms with van der Waals surface area (Å²) < 4.78 is 0. The van der Waals surface area contributed by atoms with E-state index in [0.717, 1.165) is 49.1 Å². The molecule has 0 spiro atoms. The average molecular weight is 357 g/mol. The Balaban J connectivity index is 1.53. The summed E-state index contributed by atoms with van der Waals surface area (Å²) in [6.07, 6.45) is 6.86. The lowest BCUT2D eigenvalue weighted by molar-refractivity contribution is -0.119. The van der Waals surface area contributed by atoms with Crippen LogP contribution in [0.25, 0.3) is 0 Å². The molecule has 2 fully saturated rings. The molecule has 1 aliphatic heterocycles. The van der Waals surface area contributed by atoms with Crippen LogP contribution in [0.1, 0.15) is 51.0 Å². The Morgan fingerprint density at radius 1 is 1.19 bits per heavy atom. The van der Waals surface area contributed by atoms with Gasteiger partial charge in [0.2, 0.25) is 5.91 Å². The highest BCUT2D eigenvalue weighted by molar-refractivity contribution is 5.92. The molecule has 3 rings (SSSR count). The molecule has 2 N–H and O–H groups in total. The van der Waals surface area contributed by atoms with Crippen molar-refractivity contribution in [2.24, 2.45) is 16.8 Å². The Kier molecular flexibility index (Phi) is 6.53. The van der Waals surface area contributed by atoms with Crippen LogP contribution in [0.4, 0.5) is 5.69 Å². The molecule has 2 aliphatic rings. The minimum atomic E-state index is 0.172. The van der Waals surface area contributed by atoms with Crippen LogP contribution in [0.15, 0.2) is 29.3 Å². The smallest absolute Gasteiger partial charge is 0.227 e. The second kappa shape index (κ2) is 9.06. The number of nitrogens with one attached hydrogen (secondary N) is 2. The molecular formula is C21H32N4O. The number of likely N-dealkylation sites (tertiary alicyclic amines) is 1. The summed E-state index contributed by atoms with van der Waals surface area (Å²) in [6, 6.07) is 8.12. The van der Waals surface area contributed by atoms with Gasteiger partial charge in [-0.25, -0.2) is 0 Å². The lowest BCUT2D eigenvalue weighted by atomic mass is 9.99. The predicted molar refractivity (Wildman–Crippen MR) is 107 cm³/mol. The molecule has 0 unspecified atom stereocenters. The number of amides is 1. The highest BCUT2D eigenvalue weighted by atomic mass is 16.1. The number of aliphatic imine (C=N–C) groups is 1. The summed E-state index contributed by atoms with van der Waals surface area (Å²) in [4.78, 5) is 19.1. The van der Waals surface area contributed by atoms with Crippen molar-refractivity contribution >= 4 is 17.6 Å². The molecule has 142 valence electrons. The molecule has 0 atom stereocenters. The standard InChI is InChI=1S/C21H32N4O/c1-16-10-12-25(13-11-16)21(22-2)23-15-17-6-5-9-19(14-17)24-20(26)18-7-3-4-8-18/h5-6,9,14,16,18H,3-4,7-8,10-13,15H2,1-2H3,(H,22,23)(H,24,26). The van der Waals surface area contributed by atoms with Gasteiger partial charge in [0.05, 0.1) is 0 Å². The first-order chi connectivity index (χ1) is 12.7. The first-order valence-corrected chi connectivity index (χ1v) is 10.0. The van der Waals surface area contributed by atoms with E-state index in [0.29, 0.717) is 6.54 Å². The lowest BCUT2D eigenvalue weighted by Crippen LogP contribution is -2.45. The molecule has 0 aromatic heterocycles. The van der Waals surface area contributed by atoms with E-state index < -0.39 is 0 Å². The minimum absolute atomic E-state index is 0.172. The van der Waals surface area contributed by atoms with Gasteiger partial charge in [-0.05, 0) is 49.3 Å². The van der Waals surface area contributed by atoms with E-state index >= 15 is 0 Å². The Hall–Kier alpha value is -2.04. The molecule has 5 heteroatoms. The van der Waals surface area contributed by atoms with E-state index in [-0.39, 0.29) is 11.8 Å². The number of guanidine groups is 1. The maximum absolute atomic E-state index is 12.3. The van der Waals surface area contributed by atoms with E-state index in [4.69, 9.17) is 0 Å². The maximum atomic E-state index is 12.3. The van der Waals surface area contributed by atoms with Crippen LogP contribution >= 0.6 is 0 Å². The van der Waals surface area contributed by atoms with Gasteiger partial charge in [-0.3, -0.25) is 9.79 Å². The first-order valence-electron chi connectivity index (χ1n) is 10.0. The fourth-order valence-electron chi connectivity index (χ4n) is 3.93. The summed E-state index contributed by atoms with van der Waals surface area (Å²) in [5, 5.41) is 6.56. The van der Waals surface area contributed by atoms with Crippen molar-refractivity contribution in [1.82, 2.24) is 10.2 Å². The third kappa shape index (κ3) is 4.99. The fraction of sp³-hybridized carbons (Fsp3) is 0.619. The van der Waals surface area contributed by atoms with Crippen LogP contribution in [-0.4, -0.2) is 36.9 Å². The summed E-state index contributed by atoms with van der Waals surface area (Å²) in [7, 11) is 1.85. The summed E-state index contributed by atoms with van der Waals surface area (Å²) in [5.41, 5.74) is 2.05. The largest absolute Gasteiger partial charge is 0.352 e. The second-order valence-corrected chi connectivity index (χ2v) is 7.74. The zero-order valence-corrected chi connectivity index (χ0v) is 16.1. The summed E-state index contributed by atoms with van der Waals surface area (Å²) in [5.74, 6) is 2.14. The van der Waals surface area contributed by atoms with Crippen LogP contribution in [-0.2, 0) is 11.3 Å². The zero-order valence-electron chi connectivity index (χ0n) is 16.1. The van der Waals surface area contributed by atoms with E-state index in [1.807, 2.05) is 19.2 Å². The second-order valence-electron chi connectivity index (χ2n) is 7.74. The van der Waals surface area contributed by atoms with Crippen LogP contribution in [0.2, 0.25) is 0 Å². The third-order valence-electron chi connectivity index (χ3n) is 5.67. The van der Waals surface area contributed by atoms with E-state index in [2.05, 4.69) is 39.6 Å². The highest BCUT2D eigenvalue weighted by Gasteiger charge is 2.22. The Morgan fingerprint density at radius 3 is 2.62 bits per heavy atom. The van der Waals surface area contributed by atoms with Crippen molar-refractivity contribution in [2.75, 3.05) is 25.5 Å². The molecule has 1 amide bonds. The number of nitrogens with zero attached hydrogens (tertiary/aromatic N) is 2. The molecule has 1 aliphatic carbocycles. The van der Waals surface area contributed by atoms with Crippen molar-refractivity contribution in [3.8, 4) is 0 Å². The molecule has 0 radical (unpaired) electrons. The zero-order chi connectivity index (χ0) is 18.4. The van der Waals surface area contributed by atoms with Crippen molar-refractivity contribution in [1.29, 1.82) is 0 Å². The predicted octanol–water partition coefficient (Wildman–Crippen LogP) is 3.62. The van der Waals surface area contributed by atoms with Gasteiger partial charge in [0.15, 0.2) is 5.96 Å². The topological polar surface area (TPSA) is 56.7 Å². The molecule has 1 aromatic rings. The molecular weight excluding hydrogens is 324 g/mol. The quantitative estimate of drug-likeness (QED) is 0.640. The highest BCUT2D eigenvalue weighted by Crippen LogP contribution is 2.26. The Labute approximate surface area is 157 Å². The molecule has 0 bridgehead atoms. The molecule has 1 aromatic carbocycles. The summed E-state index contributed by atoms with van der Waals surface area (Å²) in [6.45, 7) is 5.17. The molecule has 1 heterocycles. The number of anilines is 1. The van der Waals surface area contributed by atoms with Crippen LogP contribution in [0.5, 0.6) is 0 Å². The van der Waals surface area contributed by atoms with Gasteiger partial charge in [-0.1, -0.05) is 31.9 Å². The fourth-order valence-corrected chi connectivity index (χ4v) is 3.93. The average Bonchev–Trinajstić information content (AvgIpc) is 3.19. The number of benzene rings is 1. The van der Waals surface area contributed by atoms with Crippen molar-refractivity contribution < 1.29 is 4.79 Å². The van der Waals surface area contributed by atoms with Gasteiger partial charge in [-0.15, -0.1) is 0 Å². The van der Waals surface area contributed by atoms with Gasteiger partial charge < -0.3 is 15.5 Å². The maximum Gasteiger partial charge on any atom is 0.227 e. The monoisotopic (exact) mass is 356 g/mol. The lowest BCUT2D eigenvalue weighted by Gasteiger charge is -2.33. The van der Waals surface area contributed by atoms with Crippen molar-refractivity contribution in [3.05, 3.63) is 29.8 Å². The Bertz CT molecular complexity index is 629. The number of carbonyl (C=O) groups excluding carboxylic acids is 1. The van der Waals surface area contributed by atoms with Gasteiger partial charge in [-0.2, -0.15) is 0 Å². The van der Waals surface area contributed by atoms with Crippen LogP contribution in [0, 0.1) is 11.8 Å². The van der Waals surface area contributed by atoms with Crippen molar-refractivity contribution in [2.45, 2.75) is 52.0 Å². The van der Waals surface area contributed by atoms with Gasteiger partial charge in [0.1, 0.15) is 0 Å². The van der Waals surface area contributed by atoms with Crippen LogP contribution < -0.4 is 10.6 Å². The molecule has 5 nitrogen and oxygen atoms in total. The number of piperidine rings is 1. The SMILES string of the molecule is CN=C(NCc1cccc(NC(=O)C2CCCC2)c1)N1CCC(C)CC1. The molecule has 26 heavy (non-hydrogen) atoms. The van der Waals surface area contributed by atoms with Gasteiger partial charge in [0.25, 0.3) is 0 Å². The molecule has 1 saturated carbocycles. The Morgan fingerprint density at radius 2 is 1.92 bits per heavy atom. The number of rotatable bonds is 4. The van der Waals surface area contributed by atoms with Crippen LogP contribution in [0.3, 0.4) is 0 Å². The minimum Gasteiger partial charge on any atom is -0.352 e. The number of carbonyl (C=O) groups is 1. The normalized spacial score (nSPS) is 19.6. The van der Waals surface area contributed by atoms with E-state index in [9.17, 15) is 4.79 Å². The third-order valence-corrected chi connectivity index (χ3v) is 5.67. The van der Waals surface area contributed by atoms with Gasteiger partial charge in [0, 0.05) is 38.3 Å². The molecule has 1 saturated heterocycles. The summed E-state index contributed by atoms with van der Waals surface area (Å²) >= 11 is 0. The number of hydrogen-bond acceptors (Lipinski definition) is 2. The number of hydrogen-bond donors (Lipinski definition) is 2. The first kappa shape index (κ1) is 18.7. The van der Waals surface area contributed by atoms with E-state index in [1.54, 1.807) is 0 Å². The van der Waals surface area contributed by atoms with E-state index in [1.165, 1.54) is 25.7 Å². The van der Waals surface area contributed by atoms with Crippen molar-refractivity contribution in [3.63, 3.8) is 0 Å². The van der Waals surface area contributed by atoms with Gasteiger partial charge >= 0.3 is 0 Å².